The molecule has 0 unspecified atom stereocenters. The van der Waals surface area contributed by atoms with Crippen molar-refractivity contribution < 1.29 is 17.6 Å². The molecule has 1 heterocycles. The molecular weight excluding hydrogens is 316 g/mol. The molecule has 0 aliphatic carbocycles. The Morgan fingerprint density at radius 3 is 2.60 bits per heavy atom. The Labute approximate surface area is 122 Å². The summed E-state index contributed by atoms with van der Waals surface area (Å²) in [6, 6.07) is 2.64. The number of aromatic amines is 1. The number of aromatic nitrogens is 2. The summed E-state index contributed by atoms with van der Waals surface area (Å²) < 4.78 is 51.5. The summed E-state index contributed by atoms with van der Waals surface area (Å²) in [6.07, 6.45) is -4.62. The molecule has 0 aliphatic rings. The fourth-order valence-electron chi connectivity index (χ4n) is 1.97. The van der Waals surface area contributed by atoms with Crippen molar-refractivity contribution in [2.45, 2.75) is 32.0 Å². The molecule has 1 aromatic carbocycles. The minimum Gasteiger partial charge on any atom is -0.330 e. The van der Waals surface area contributed by atoms with E-state index in [0.29, 0.717) is 28.8 Å². The van der Waals surface area contributed by atoms with E-state index in [1.54, 1.807) is 4.57 Å². The monoisotopic (exact) mass is 326 g/mol. The number of alkyl halides is 3. The van der Waals surface area contributed by atoms with Crippen LogP contribution >= 0.6 is 23.8 Å². The van der Waals surface area contributed by atoms with Gasteiger partial charge in [0.2, 0.25) is 0 Å². The number of fused-ring (bicyclic) bond motifs is 1. The highest BCUT2D eigenvalue weighted by atomic mass is 35.5. The molecule has 0 fully saturated rings. The van der Waals surface area contributed by atoms with E-state index in [1.807, 2.05) is 0 Å². The molecule has 2 nitrogen and oxygen atoms in total. The zero-order valence-electron chi connectivity index (χ0n) is 10.2. The van der Waals surface area contributed by atoms with E-state index in [1.165, 1.54) is 12.1 Å². The highest BCUT2D eigenvalue weighted by Gasteiger charge is 2.25. The molecule has 110 valence electrons. The van der Waals surface area contributed by atoms with E-state index in [4.69, 9.17) is 23.8 Å². The van der Waals surface area contributed by atoms with Gasteiger partial charge in [-0.25, -0.2) is 4.39 Å². The molecule has 0 radical (unpaired) electrons. The van der Waals surface area contributed by atoms with E-state index in [0.717, 1.165) is 0 Å². The van der Waals surface area contributed by atoms with Crippen molar-refractivity contribution in [1.82, 2.24) is 9.55 Å². The van der Waals surface area contributed by atoms with Gasteiger partial charge in [0.25, 0.3) is 0 Å². The highest BCUT2D eigenvalue weighted by Crippen LogP contribution is 2.25. The maximum atomic E-state index is 13.3. The molecule has 0 saturated carbocycles. The molecule has 0 amide bonds. The SMILES string of the molecule is Fc1cc2[nH]c(=S)n(CCCCC(F)(F)F)c2cc1Cl. The van der Waals surface area contributed by atoms with E-state index in [-0.39, 0.29) is 11.4 Å². The first-order valence-corrected chi connectivity index (χ1v) is 6.71. The number of hydrogen-bond donors (Lipinski definition) is 1. The third kappa shape index (κ3) is 3.52. The number of aryl methyl sites for hydroxylation is 1. The number of imidazole rings is 1. The lowest BCUT2D eigenvalue weighted by molar-refractivity contribution is -0.135. The molecular formula is C12H11ClF4N2S. The molecule has 1 aromatic heterocycles. The molecule has 20 heavy (non-hydrogen) atoms. The van der Waals surface area contributed by atoms with E-state index in [9.17, 15) is 17.6 Å². The Kier molecular flexibility index (Phi) is 4.39. The normalized spacial score (nSPS) is 12.2. The van der Waals surface area contributed by atoms with Crippen molar-refractivity contribution >= 4 is 34.9 Å². The summed E-state index contributed by atoms with van der Waals surface area (Å²) in [5, 5.41) is -0.0458. The smallest absolute Gasteiger partial charge is 0.330 e. The summed E-state index contributed by atoms with van der Waals surface area (Å²) in [5.74, 6) is -0.570. The number of H-pyrrole nitrogens is 1. The van der Waals surface area contributed by atoms with Crippen LogP contribution in [0.1, 0.15) is 19.3 Å². The largest absolute Gasteiger partial charge is 0.389 e. The molecule has 1 N–H and O–H groups in total. The molecule has 8 heteroatoms. The lowest BCUT2D eigenvalue weighted by atomic mass is 10.2. The van der Waals surface area contributed by atoms with Gasteiger partial charge in [-0.3, -0.25) is 0 Å². The molecule has 0 spiro atoms. The van der Waals surface area contributed by atoms with Crippen molar-refractivity contribution in [2.24, 2.45) is 0 Å². The van der Waals surface area contributed by atoms with Crippen LogP contribution in [0.15, 0.2) is 12.1 Å². The molecule has 0 saturated heterocycles. The molecule has 0 bridgehead atoms. The second kappa shape index (κ2) is 5.73. The highest BCUT2D eigenvalue weighted by molar-refractivity contribution is 7.71. The third-order valence-electron chi connectivity index (χ3n) is 2.91. The topological polar surface area (TPSA) is 20.7 Å². The van der Waals surface area contributed by atoms with Crippen LogP contribution in [0.4, 0.5) is 17.6 Å². The number of unbranched alkanes of at least 4 members (excludes halogenated alkanes) is 1. The van der Waals surface area contributed by atoms with Crippen molar-refractivity contribution in [3.63, 3.8) is 0 Å². The van der Waals surface area contributed by atoms with Crippen LogP contribution < -0.4 is 0 Å². The van der Waals surface area contributed by atoms with Crippen LogP contribution in [-0.4, -0.2) is 15.7 Å². The molecule has 0 aliphatic heterocycles. The van der Waals surface area contributed by atoms with Gasteiger partial charge in [0.05, 0.1) is 16.1 Å². The number of benzene rings is 1. The number of halogens is 5. The van der Waals surface area contributed by atoms with Crippen molar-refractivity contribution in [1.29, 1.82) is 0 Å². The molecule has 0 atom stereocenters. The average Bonchev–Trinajstić information content (AvgIpc) is 2.60. The first-order chi connectivity index (χ1) is 9.28. The summed E-state index contributed by atoms with van der Waals surface area (Å²) in [7, 11) is 0. The predicted octanol–water partition coefficient (Wildman–Crippen LogP) is 5.22. The lowest BCUT2D eigenvalue weighted by Crippen LogP contribution is -2.07. The van der Waals surface area contributed by atoms with Gasteiger partial charge >= 0.3 is 6.18 Å². The number of hydrogen-bond acceptors (Lipinski definition) is 1. The van der Waals surface area contributed by atoms with E-state index >= 15 is 0 Å². The van der Waals surface area contributed by atoms with Crippen molar-refractivity contribution in [3.8, 4) is 0 Å². The molecule has 2 rings (SSSR count). The Bertz CT molecular complexity index is 674. The zero-order valence-corrected chi connectivity index (χ0v) is 11.8. The quantitative estimate of drug-likeness (QED) is 0.464. The first kappa shape index (κ1) is 15.3. The number of nitrogens with one attached hydrogen (secondary N) is 1. The average molecular weight is 327 g/mol. The first-order valence-electron chi connectivity index (χ1n) is 5.92. The number of nitrogens with zero attached hydrogens (tertiary/aromatic N) is 1. The minimum absolute atomic E-state index is 0.0207. The fraction of sp³-hybridized carbons (Fsp3) is 0.417. The second-order valence-electron chi connectivity index (χ2n) is 4.44. The van der Waals surface area contributed by atoms with Gasteiger partial charge < -0.3 is 9.55 Å². The second-order valence-corrected chi connectivity index (χ2v) is 5.23. The fourth-order valence-corrected chi connectivity index (χ4v) is 2.43. The Balaban J connectivity index is 2.16. The van der Waals surface area contributed by atoms with Crippen LogP contribution in [-0.2, 0) is 6.54 Å². The van der Waals surface area contributed by atoms with Gasteiger partial charge in [-0.05, 0) is 31.1 Å². The molecule has 2 aromatic rings. The zero-order chi connectivity index (χ0) is 14.9. The van der Waals surface area contributed by atoms with Crippen LogP contribution in [0.5, 0.6) is 0 Å². The summed E-state index contributed by atoms with van der Waals surface area (Å²) >= 11 is 10.8. The minimum atomic E-state index is -4.14. The van der Waals surface area contributed by atoms with E-state index in [2.05, 4.69) is 4.98 Å². The standard InChI is InChI=1S/C12H11ClF4N2S/c13-7-5-10-9(6-8(7)14)18-11(20)19(10)4-2-1-3-12(15,16)17/h5-6H,1-4H2,(H,18,20). The Morgan fingerprint density at radius 1 is 1.25 bits per heavy atom. The van der Waals surface area contributed by atoms with Crippen LogP contribution in [0, 0.1) is 10.6 Å². The van der Waals surface area contributed by atoms with Gasteiger partial charge in [-0.15, -0.1) is 0 Å². The van der Waals surface area contributed by atoms with Gasteiger partial charge in [0, 0.05) is 19.0 Å². The van der Waals surface area contributed by atoms with Gasteiger partial charge in [0.15, 0.2) is 4.77 Å². The summed E-state index contributed by atoms with van der Waals surface area (Å²) in [5.41, 5.74) is 1.07. The van der Waals surface area contributed by atoms with Gasteiger partial charge in [-0.2, -0.15) is 13.2 Å². The van der Waals surface area contributed by atoms with Gasteiger partial charge in [-0.1, -0.05) is 11.6 Å². The number of rotatable bonds is 4. The summed E-state index contributed by atoms with van der Waals surface area (Å²) in [4.78, 5) is 2.81. The maximum absolute atomic E-state index is 13.3. The predicted molar refractivity (Wildman–Crippen MR) is 72.0 cm³/mol. The summed E-state index contributed by atoms with van der Waals surface area (Å²) in [6.45, 7) is 0.330. The van der Waals surface area contributed by atoms with Crippen molar-refractivity contribution in [3.05, 3.63) is 27.7 Å². The Hall–Kier alpha value is -1.08. The van der Waals surface area contributed by atoms with Gasteiger partial charge in [0.1, 0.15) is 5.82 Å². The Morgan fingerprint density at radius 2 is 1.95 bits per heavy atom. The lowest BCUT2D eigenvalue weighted by Gasteiger charge is -2.07. The van der Waals surface area contributed by atoms with Crippen molar-refractivity contribution in [2.75, 3.05) is 0 Å². The maximum Gasteiger partial charge on any atom is 0.389 e. The van der Waals surface area contributed by atoms with Crippen LogP contribution in [0.3, 0.4) is 0 Å². The van der Waals surface area contributed by atoms with E-state index < -0.39 is 18.4 Å². The van der Waals surface area contributed by atoms with Crippen LogP contribution in [0.25, 0.3) is 11.0 Å². The van der Waals surface area contributed by atoms with Crippen LogP contribution in [0.2, 0.25) is 5.02 Å². The third-order valence-corrected chi connectivity index (χ3v) is 3.52.